The van der Waals surface area contributed by atoms with Crippen LogP contribution in [-0.2, 0) is 0 Å². The van der Waals surface area contributed by atoms with Crippen LogP contribution < -0.4 is 0 Å². The number of halogens is 1. The maximum absolute atomic E-state index is 8.14. The van der Waals surface area contributed by atoms with Crippen LogP contribution in [0.25, 0.3) is 0 Å². The minimum absolute atomic E-state index is 0.516. The topological polar surface area (TPSA) is 32.6 Å². The van der Waals surface area contributed by atoms with Crippen LogP contribution in [0.1, 0.15) is 12.8 Å². The molecule has 1 saturated carbocycles. The van der Waals surface area contributed by atoms with E-state index >= 15 is 0 Å². The Morgan fingerprint density at radius 2 is 2.57 bits per heavy atom. The summed E-state index contributed by atoms with van der Waals surface area (Å²) in [7, 11) is 0. The molecule has 0 heterocycles. The summed E-state index contributed by atoms with van der Waals surface area (Å²) in [5, 5.41) is 11.2. The Morgan fingerprint density at radius 1 is 1.86 bits per heavy atom. The molecule has 1 aliphatic carbocycles. The standard InChI is InChI=1S/C4H6INO/c5-3-1-2-4(3)6-7/h3,7H,1-2H2. The molecule has 1 rings (SSSR count). The minimum Gasteiger partial charge on any atom is -0.411 e. The quantitative estimate of drug-likeness (QED) is 0.279. The SMILES string of the molecule is ON=C1CCC1I. The smallest absolute Gasteiger partial charge is 0.0699 e. The molecule has 1 atom stereocenters. The van der Waals surface area contributed by atoms with Crippen molar-refractivity contribution in [2.24, 2.45) is 5.16 Å². The van der Waals surface area contributed by atoms with Gasteiger partial charge in [0, 0.05) is 0 Å². The molecule has 2 nitrogen and oxygen atoms in total. The van der Waals surface area contributed by atoms with E-state index in [2.05, 4.69) is 27.7 Å². The van der Waals surface area contributed by atoms with Crippen molar-refractivity contribution < 1.29 is 5.21 Å². The van der Waals surface area contributed by atoms with E-state index < -0.39 is 0 Å². The Morgan fingerprint density at radius 3 is 2.57 bits per heavy atom. The van der Waals surface area contributed by atoms with E-state index in [4.69, 9.17) is 5.21 Å². The lowest BCUT2D eigenvalue weighted by molar-refractivity contribution is 0.313. The van der Waals surface area contributed by atoms with Crippen molar-refractivity contribution in [3.63, 3.8) is 0 Å². The highest BCUT2D eigenvalue weighted by molar-refractivity contribution is 14.1. The van der Waals surface area contributed by atoms with Crippen molar-refractivity contribution in [1.29, 1.82) is 0 Å². The first kappa shape index (κ1) is 5.34. The second-order valence-corrected chi connectivity index (χ2v) is 3.10. The lowest BCUT2D eigenvalue weighted by Gasteiger charge is -2.19. The van der Waals surface area contributed by atoms with Crippen molar-refractivity contribution >= 4 is 28.3 Å². The first-order valence-electron chi connectivity index (χ1n) is 2.19. The van der Waals surface area contributed by atoms with E-state index in [1.54, 1.807) is 0 Å². The summed E-state index contributed by atoms with van der Waals surface area (Å²) in [4.78, 5) is 0. The van der Waals surface area contributed by atoms with Crippen molar-refractivity contribution in [3.8, 4) is 0 Å². The van der Waals surface area contributed by atoms with Gasteiger partial charge in [-0.25, -0.2) is 0 Å². The van der Waals surface area contributed by atoms with Gasteiger partial charge < -0.3 is 5.21 Å². The predicted octanol–water partition coefficient (Wildman–Crippen LogP) is 1.41. The third-order valence-corrected chi connectivity index (χ3v) is 2.49. The van der Waals surface area contributed by atoms with Gasteiger partial charge in [-0.05, 0) is 12.8 Å². The number of hydrogen-bond acceptors (Lipinski definition) is 2. The Balaban J connectivity index is 2.44. The number of oxime groups is 1. The van der Waals surface area contributed by atoms with E-state index in [-0.39, 0.29) is 0 Å². The molecule has 1 unspecified atom stereocenters. The fourth-order valence-electron chi connectivity index (χ4n) is 0.495. The van der Waals surface area contributed by atoms with E-state index in [1.807, 2.05) is 0 Å². The average molecular weight is 211 g/mol. The molecule has 0 bridgehead atoms. The fourth-order valence-corrected chi connectivity index (χ4v) is 1.24. The predicted molar refractivity (Wildman–Crippen MR) is 36.3 cm³/mol. The van der Waals surface area contributed by atoms with Gasteiger partial charge in [-0.2, -0.15) is 0 Å². The highest BCUT2D eigenvalue weighted by Crippen LogP contribution is 2.23. The van der Waals surface area contributed by atoms with Crippen LogP contribution >= 0.6 is 22.6 Å². The molecule has 0 aliphatic heterocycles. The minimum atomic E-state index is 0.516. The number of rotatable bonds is 0. The van der Waals surface area contributed by atoms with Crippen molar-refractivity contribution in [2.75, 3.05) is 0 Å². The summed E-state index contributed by atoms with van der Waals surface area (Å²) < 4.78 is 0.516. The zero-order valence-corrected chi connectivity index (χ0v) is 5.92. The third kappa shape index (κ3) is 0.872. The average Bonchev–Trinajstić information content (AvgIpc) is 1.65. The van der Waals surface area contributed by atoms with Crippen LogP contribution in [0.3, 0.4) is 0 Å². The molecule has 40 valence electrons. The zero-order chi connectivity index (χ0) is 5.28. The van der Waals surface area contributed by atoms with Crippen molar-refractivity contribution in [3.05, 3.63) is 0 Å². The van der Waals surface area contributed by atoms with Gasteiger partial charge in [0.05, 0.1) is 9.64 Å². The highest BCUT2D eigenvalue weighted by atomic mass is 127. The van der Waals surface area contributed by atoms with Crippen molar-refractivity contribution in [1.82, 2.24) is 0 Å². The monoisotopic (exact) mass is 211 g/mol. The normalized spacial score (nSPS) is 35.6. The maximum Gasteiger partial charge on any atom is 0.0699 e. The molecule has 3 heteroatoms. The van der Waals surface area contributed by atoms with Crippen LogP contribution in [0.15, 0.2) is 5.16 Å². The van der Waals surface area contributed by atoms with Crippen LogP contribution in [0.4, 0.5) is 0 Å². The van der Waals surface area contributed by atoms with Crippen LogP contribution in [-0.4, -0.2) is 14.8 Å². The highest BCUT2D eigenvalue weighted by Gasteiger charge is 2.22. The summed E-state index contributed by atoms with van der Waals surface area (Å²) in [5.74, 6) is 0. The largest absolute Gasteiger partial charge is 0.411 e. The van der Waals surface area contributed by atoms with E-state index in [1.165, 1.54) is 6.42 Å². The van der Waals surface area contributed by atoms with Gasteiger partial charge in [-0.15, -0.1) is 0 Å². The van der Waals surface area contributed by atoms with E-state index in [0.29, 0.717) is 3.92 Å². The molecule has 0 saturated heterocycles. The third-order valence-electron chi connectivity index (χ3n) is 1.14. The molecule has 0 aromatic rings. The number of hydrogen-bond donors (Lipinski definition) is 1. The molecule has 0 spiro atoms. The zero-order valence-electron chi connectivity index (χ0n) is 3.76. The summed E-state index contributed by atoms with van der Waals surface area (Å²) in [6.45, 7) is 0. The second-order valence-electron chi connectivity index (χ2n) is 1.60. The van der Waals surface area contributed by atoms with Crippen LogP contribution in [0.2, 0.25) is 0 Å². The van der Waals surface area contributed by atoms with Gasteiger partial charge in [-0.1, -0.05) is 27.7 Å². The van der Waals surface area contributed by atoms with Crippen LogP contribution in [0.5, 0.6) is 0 Å². The van der Waals surface area contributed by atoms with Gasteiger partial charge in [0.1, 0.15) is 0 Å². The van der Waals surface area contributed by atoms with Gasteiger partial charge in [0.2, 0.25) is 0 Å². The molecule has 0 aromatic heterocycles. The fraction of sp³-hybridized carbons (Fsp3) is 0.750. The molecule has 0 radical (unpaired) electrons. The Hall–Kier alpha value is 0.200. The number of nitrogens with zero attached hydrogens (tertiary/aromatic N) is 1. The lowest BCUT2D eigenvalue weighted by atomic mass is 9.98. The Kier molecular flexibility index (Phi) is 1.51. The molecule has 1 fully saturated rings. The van der Waals surface area contributed by atoms with Gasteiger partial charge in [0.25, 0.3) is 0 Å². The summed E-state index contributed by atoms with van der Waals surface area (Å²) in [6.07, 6.45) is 2.17. The molecule has 0 amide bonds. The van der Waals surface area contributed by atoms with Crippen molar-refractivity contribution in [2.45, 2.75) is 16.8 Å². The Labute approximate surface area is 55.7 Å². The van der Waals surface area contributed by atoms with E-state index in [0.717, 1.165) is 12.1 Å². The van der Waals surface area contributed by atoms with Gasteiger partial charge in [0.15, 0.2) is 0 Å². The first-order chi connectivity index (χ1) is 3.34. The van der Waals surface area contributed by atoms with Gasteiger partial charge >= 0.3 is 0 Å². The summed E-state index contributed by atoms with van der Waals surface area (Å²) >= 11 is 2.26. The second kappa shape index (κ2) is 1.98. The van der Waals surface area contributed by atoms with Gasteiger partial charge in [-0.3, -0.25) is 0 Å². The molecule has 0 aromatic carbocycles. The lowest BCUT2D eigenvalue weighted by Crippen LogP contribution is -2.25. The molecular weight excluding hydrogens is 205 g/mol. The molecule has 1 N–H and O–H groups in total. The summed E-state index contributed by atoms with van der Waals surface area (Å²) in [6, 6.07) is 0. The van der Waals surface area contributed by atoms with Crippen LogP contribution in [0, 0.1) is 0 Å². The molecule has 1 aliphatic rings. The van der Waals surface area contributed by atoms with E-state index in [9.17, 15) is 0 Å². The number of alkyl halides is 1. The maximum atomic E-state index is 8.14. The Bertz CT molecular complexity index is 102. The molecular formula is C4H6INO. The molecule has 7 heavy (non-hydrogen) atoms. The first-order valence-corrected chi connectivity index (χ1v) is 3.44. The summed E-state index contributed by atoms with van der Waals surface area (Å²) in [5.41, 5.74) is 0.945.